The van der Waals surface area contributed by atoms with Crippen molar-refractivity contribution in [1.82, 2.24) is 0 Å². The molecule has 2 rings (SSSR count). The molecule has 0 aliphatic carbocycles. The van der Waals surface area contributed by atoms with Crippen LogP contribution in [0, 0.1) is 0 Å². The van der Waals surface area contributed by atoms with Crippen molar-refractivity contribution < 1.29 is 13.2 Å². The molecule has 1 aromatic heterocycles. The summed E-state index contributed by atoms with van der Waals surface area (Å²) in [7, 11) is 0. The normalized spacial score (nSPS) is 13.5. The Morgan fingerprint density at radius 3 is 2.15 bits per heavy atom. The molecule has 1 aromatic carbocycles. The van der Waals surface area contributed by atoms with Gasteiger partial charge in [0.1, 0.15) is 0 Å². The molecule has 0 fully saturated rings. The summed E-state index contributed by atoms with van der Waals surface area (Å²) in [6, 6.07) is 6.60. The number of halogens is 6. The lowest BCUT2D eigenvalue weighted by atomic mass is 10.0. The Kier molecular flexibility index (Phi) is 4.90. The largest absolute Gasteiger partial charge is 0.416 e. The van der Waals surface area contributed by atoms with E-state index in [0.717, 1.165) is 12.1 Å². The maximum Gasteiger partial charge on any atom is 0.416 e. The van der Waals surface area contributed by atoms with Gasteiger partial charge in [0.25, 0.3) is 0 Å². The molecule has 7 heteroatoms. The summed E-state index contributed by atoms with van der Waals surface area (Å²) in [4.78, 5) is 0. The number of hydrogen-bond acceptors (Lipinski definition) is 1. The molecule has 0 N–H and O–H groups in total. The Balaban J connectivity index is 2.12. The molecule has 0 saturated carbocycles. The van der Waals surface area contributed by atoms with Gasteiger partial charge in [0.2, 0.25) is 0 Å². The van der Waals surface area contributed by atoms with Gasteiger partial charge in [0, 0.05) is 5.56 Å². The Labute approximate surface area is 133 Å². The second kappa shape index (κ2) is 6.14. The zero-order valence-corrected chi connectivity index (χ0v) is 12.9. The first-order valence-corrected chi connectivity index (χ1v) is 7.53. The molecule has 20 heavy (non-hydrogen) atoms. The van der Waals surface area contributed by atoms with E-state index >= 15 is 0 Å². The van der Waals surface area contributed by atoms with Crippen LogP contribution in [0.15, 0.2) is 30.3 Å². The number of hydrogen-bond donors (Lipinski definition) is 0. The molecule has 0 amide bonds. The Morgan fingerprint density at radius 2 is 1.70 bits per heavy atom. The van der Waals surface area contributed by atoms with Crippen molar-refractivity contribution in [2.45, 2.75) is 18.0 Å². The van der Waals surface area contributed by atoms with Crippen LogP contribution < -0.4 is 0 Å². The minimum Gasteiger partial charge on any atom is -0.166 e. The lowest BCUT2D eigenvalue weighted by Crippen LogP contribution is -2.05. The van der Waals surface area contributed by atoms with E-state index in [1.165, 1.54) is 23.5 Å². The van der Waals surface area contributed by atoms with Gasteiger partial charge in [-0.25, -0.2) is 0 Å². The zero-order valence-electron chi connectivity index (χ0n) is 9.85. The molecule has 0 spiro atoms. The SMILES string of the molecule is FC(F)(F)c1ccc(CC(Cl)c2cc(Cl)sc2Cl)cc1. The van der Waals surface area contributed by atoms with Crippen molar-refractivity contribution in [2.24, 2.45) is 0 Å². The molecule has 0 saturated heterocycles. The molecule has 0 nitrogen and oxygen atoms in total. The second-order valence-corrected chi connectivity index (χ2v) is 6.96. The van der Waals surface area contributed by atoms with Crippen LogP contribution in [0.5, 0.6) is 0 Å². The molecule has 2 aromatic rings. The van der Waals surface area contributed by atoms with E-state index in [-0.39, 0.29) is 0 Å². The predicted octanol–water partition coefficient (Wildman–Crippen LogP) is 6.60. The monoisotopic (exact) mass is 358 g/mol. The van der Waals surface area contributed by atoms with E-state index in [9.17, 15) is 13.2 Å². The van der Waals surface area contributed by atoms with Crippen molar-refractivity contribution in [2.75, 3.05) is 0 Å². The van der Waals surface area contributed by atoms with E-state index in [1.807, 2.05) is 0 Å². The van der Waals surface area contributed by atoms with Gasteiger partial charge in [-0.3, -0.25) is 0 Å². The molecule has 0 radical (unpaired) electrons. The molecule has 1 atom stereocenters. The summed E-state index contributed by atoms with van der Waals surface area (Å²) in [5.74, 6) is 0. The van der Waals surface area contributed by atoms with Crippen LogP contribution in [0.1, 0.15) is 22.1 Å². The predicted molar refractivity (Wildman–Crippen MR) is 78.1 cm³/mol. The Bertz CT molecular complexity index is 590. The minimum atomic E-state index is -4.33. The van der Waals surface area contributed by atoms with Crippen LogP contribution in [0.25, 0.3) is 0 Å². The highest BCUT2D eigenvalue weighted by Crippen LogP contribution is 2.39. The van der Waals surface area contributed by atoms with Crippen LogP contribution in [0.4, 0.5) is 13.2 Å². The molecular weight excluding hydrogens is 352 g/mol. The van der Waals surface area contributed by atoms with Crippen molar-refractivity contribution >= 4 is 46.1 Å². The number of thiophene rings is 1. The Hall–Kier alpha value is -0.420. The first kappa shape index (κ1) is 16.0. The lowest BCUT2D eigenvalue weighted by Gasteiger charge is -2.10. The lowest BCUT2D eigenvalue weighted by molar-refractivity contribution is -0.137. The molecule has 0 aliphatic heterocycles. The van der Waals surface area contributed by atoms with Gasteiger partial charge in [0.05, 0.1) is 19.6 Å². The van der Waals surface area contributed by atoms with E-state index in [4.69, 9.17) is 34.8 Å². The van der Waals surface area contributed by atoms with Crippen LogP contribution in [-0.4, -0.2) is 0 Å². The van der Waals surface area contributed by atoms with Crippen molar-refractivity contribution in [3.8, 4) is 0 Å². The summed E-state index contributed by atoms with van der Waals surface area (Å²) in [6.45, 7) is 0. The summed E-state index contributed by atoms with van der Waals surface area (Å²) in [5.41, 5.74) is 0.726. The standard InChI is InChI=1S/C13H8Cl3F3S/c14-10(9-6-11(15)20-12(9)16)5-7-1-3-8(4-2-7)13(17,18)19/h1-4,6,10H,5H2. The summed E-state index contributed by atoms with van der Waals surface area (Å²) >= 11 is 19.3. The van der Waals surface area contributed by atoms with Crippen LogP contribution >= 0.6 is 46.1 Å². The van der Waals surface area contributed by atoms with Crippen LogP contribution in [0.3, 0.4) is 0 Å². The van der Waals surface area contributed by atoms with Gasteiger partial charge < -0.3 is 0 Å². The maximum atomic E-state index is 12.4. The molecule has 1 heterocycles. The summed E-state index contributed by atoms with van der Waals surface area (Å²) in [5, 5.41) is -0.428. The van der Waals surface area contributed by atoms with Crippen LogP contribution in [-0.2, 0) is 12.6 Å². The fourth-order valence-corrected chi connectivity index (χ4v) is 3.76. The van der Waals surface area contributed by atoms with Crippen LogP contribution in [0.2, 0.25) is 8.67 Å². The maximum absolute atomic E-state index is 12.4. The second-order valence-electron chi connectivity index (χ2n) is 4.15. The van der Waals surface area contributed by atoms with Gasteiger partial charge in [0.15, 0.2) is 0 Å². The quantitative estimate of drug-likeness (QED) is 0.542. The smallest absolute Gasteiger partial charge is 0.166 e. The van der Waals surface area contributed by atoms with Gasteiger partial charge in [-0.05, 0) is 30.2 Å². The first-order chi connectivity index (χ1) is 9.27. The first-order valence-electron chi connectivity index (χ1n) is 5.52. The molecule has 0 aliphatic rings. The van der Waals surface area contributed by atoms with Gasteiger partial charge >= 0.3 is 6.18 Å². The average Bonchev–Trinajstić information content (AvgIpc) is 2.68. The third kappa shape index (κ3) is 3.82. The molecule has 1 unspecified atom stereocenters. The highest BCUT2D eigenvalue weighted by molar-refractivity contribution is 7.20. The minimum absolute atomic E-state index is 0.381. The zero-order chi connectivity index (χ0) is 14.9. The number of alkyl halides is 4. The van der Waals surface area contributed by atoms with Crippen molar-refractivity contribution in [1.29, 1.82) is 0 Å². The fraction of sp³-hybridized carbons (Fsp3) is 0.231. The third-order valence-electron chi connectivity index (χ3n) is 2.72. The average molecular weight is 360 g/mol. The molecular formula is C13H8Cl3F3S. The van der Waals surface area contributed by atoms with Gasteiger partial charge in [-0.2, -0.15) is 13.2 Å². The third-order valence-corrected chi connectivity index (χ3v) is 4.62. The van der Waals surface area contributed by atoms with Crippen molar-refractivity contribution in [3.05, 3.63) is 55.7 Å². The van der Waals surface area contributed by atoms with E-state index in [2.05, 4.69) is 0 Å². The Morgan fingerprint density at radius 1 is 1.10 bits per heavy atom. The molecule has 0 bridgehead atoms. The highest BCUT2D eigenvalue weighted by atomic mass is 35.5. The van der Waals surface area contributed by atoms with Crippen molar-refractivity contribution in [3.63, 3.8) is 0 Å². The molecule has 108 valence electrons. The summed E-state index contributed by atoms with van der Waals surface area (Å²) < 4.78 is 38.4. The fourth-order valence-electron chi connectivity index (χ4n) is 1.71. The van der Waals surface area contributed by atoms with E-state index in [1.54, 1.807) is 6.07 Å². The number of benzene rings is 1. The van der Waals surface area contributed by atoms with Gasteiger partial charge in [-0.1, -0.05) is 35.3 Å². The van der Waals surface area contributed by atoms with E-state index < -0.39 is 17.1 Å². The summed E-state index contributed by atoms with van der Waals surface area (Å²) in [6.07, 6.45) is -3.95. The van der Waals surface area contributed by atoms with Gasteiger partial charge in [-0.15, -0.1) is 22.9 Å². The van der Waals surface area contributed by atoms with E-state index in [0.29, 0.717) is 26.2 Å². The highest BCUT2D eigenvalue weighted by Gasteiger charge is 2.30. The number of rotatable bonds is 3. The topological polar surface area (TPSA) is 0 Å².